The molecule has 2 aromatic heterocycles. The van der Waals surface area contributed by atoms with E-state index in [0.717, 1.165) is 12.8 Å². The summed E-state index contributed by atoms with van der Waals surface area (Å²) in [5.74, 6) is -1.16. The van der Waals surface area contributed by atoms with Gasteiger partial charge in [0.25, 0.3) is 5.56 Å². The number of hydrogen-bond acceptors (Lipinski definition) is 7. The SMILES string of the molecule is Cc1nc([C@@H]([C@@H]2CCCCN2C(=O)OC(C)(C)C)n2cc(C(=O)O)ccc2=O)sc1CO. The number of amides is 1. The van der Waals surface area contributed by atoms with E-state index in [2.05, 4.69) is 4.98 Å². The number of aromatic carboxylic acids is 1. The standard InChI is InChI=1S/C22H29N3O6S/c1-13-16(12-26)32-19(23-13)18(25-11-14(20(28)29)8-9-17(25)27)15-7-5-6-10-24(15)21(30)31-22(2,3)4/h8-9,11,15,18,26H,5-7,10,12H2,1-4H3,(H,28,29)/t15-,18+/m0/s1. The summed E-state index contributed by atoms with van der Waals surface area (Å²) in [6.07, 6.45) is 3.05. The third-order valence-corrected chi connectivity index (χ3v) is 6.55. The third kappa shape index (κ3) is 5.18. The molecule has 0 aliphatic carbocycles. The first-order chi connectivity index (χ1) is 15.0. The van der Waals surface area contributed by atoms with Gasteiger partial charge in [-0.25, -0.2) is 14.6 Å². The lowest BCUT2D eigenvalue weighted by Crippen LogP contribution is -2.51. The molecule has 1 amide bonds. The van der Waals surface area contributed by atoms with E-state index in [4.69, 9.17) is 4.74 Å². The van der Waals surface area contributed by atoms with Crippen LogP contribution < -0.4 is 5.56 Å². The van der Waals surface area contributed by atoms with Crippen molar-refractivity contribution >= 4 is 23.4 Å². The molecule has 1 aliphatic rings. The number of carboxylic acids is 1. The number of carboxylic acid groups (broad SMARTS) is 1. The summed E-state index contributed by atoms with van der Waals surface area (Å²) in [6, 6.07) is 1.30. The molecular formula is C22H29N3O6S. The maximum absolute atomic E-state index is 13.0. The maximum Gasteiger partial charge on any atom is 0.410 e. The molecule has 174 valence electrons. The van der Waals surface area contributed by atoms with Gasteiger partial charge in [0, 0.05) is 18.8 Å². The van der Waals surface area contributed by atoms with Gasteiger partial charge in [-0.3, -0.25) is 4.79 Å². The minimum Gasteiger partial charge on any atom is -0.478 e. The predicted octanol–water partition coefficient (Wildman–Crippen LogP) is 3.18. The minimum atomic E-state index is -1.16. The lowest BCUT2D eigenvalue weighted by molar-refractivity contribution is 0.00460. The highest BCUT2D eigenvalue weighted by molar-refractivity contribution is 7.11. The van der Waals surface area contributed by atoms with Gasteiger partial charge in [0.05, 0.1) is 28.8 Å². The molecule has 1 saturated heterocycles. The van der Waals surface area contributed by atoms with Crippen molar-refractivity contribution in [2.24, 2.45) is 0 Å². The van der Waals surface area contributed by atoms with E-state index in [1.807, 2.05) is 0 Å². The number of pyridine rings is 1. The summed E-state index contributed by atoms with van der Waals surface area (Å²) < 4.78 is 6.96. The molecule has 0 radical (unpaired) electrons. The number of carbonyl (C=O) groups is 2. The number of thiazole rings is 1. The van der Waals surface area contributed by atoms with Crippen LogP contribution in [0.4, 0.5) is 4.79 Å². The molecule has 2 atom stereocenters. The number of aryl methyl sites for hydroxylation is 1. The zero-order valence-electron chi connectivity index (χ0n) is 18.7. The third-order valence-electron chi connectivity index (χ3n) is 5.33. The molecule has 0 unspecified atom stereocenters. The Labute approximate surface area is 190 Å². The average Bonchev–Trinajstić information content (AvgIpc) is 3.08. The van der Waals surface area contributed by atoms with Crippen LogP contribution >= 0.6 is 11.3 Å². The highest BCUT2D eigenvalue weighted by Crippen LogP contribution is 2.35. The Kier molecular flexibility index (Phi) is 7.04. The van der Waals surface area contributed by atoms with Gasteiger partial charge in [-0.15, -0.1) is 11.3 Å². The lowest BCUT2D eigenvalue weighted by Gasteiger charge is -2.40. The molecular weight excluding hydrogens is 434 g/mol. The summed E-state index contributed by atoms with van der Waals surface area (Å²) in [7, 11) is 0. The van der Waals surface area contributed by atoms with E-state index >= 15 is 0 Å². The zero-order chi connectivity index (χ0) is 23.6. The van der Waals surface area contributed by atoms with Crippen molar-refractivity contribution < 1.29 is 24.5 Å². The van der Waals surface area contributed by atoms with Crippen LogP contribution in [0.1, 0.15) is 72.0 Å². The first-order valence-electron chi connectivity index (χ1n) is 10.5. The van der Waals surface area contributed by atoms with Crippen molar-refractivity contribution in [1.29, 1.82) is 0 Å². The number of carbonyl (C=O) groups excluding carboxylic acids is 1. The first-order valence-corrected chi connectivity index (χ1v) is 11.4. The van der Waals surface area contributed by atoms with Gasteiger partial charge in [0.15, 0.2) is 0 Å². The molecule has 1 fully saturated rings. The molecule has 9 nitrogen and oxygen atoms in total. The number of hydrogen-bond donors (Lipinski definition) is 2. The lowest BCUT2D eigenvalue weighted by atomic mass is 9.95. The van der Waals surface area contributed by atoms with Gasteiger partial charge in [0.1, 0.15) is 16.7 Å². The van der Waals surface area contributed by atoms with Crippen LogP contribution in [0.25, 0.3) is 0 Å². The molecule has 0 aromatic carbocycles. The molecule has 32 heavy (non-hydrogen) atoms. The van der Waals surface area contributed by atoms with Crippen molar-refractivity contribution in [2.75, 3.05) is 6.54 Å². The fourth-order valence-corrected chi connectivity index (χ4v) is 4.96. The van der Waals surface area contributed by atoms with Gasteiger partial charge in [0.2, 0.25) is 0 Å². The zero-order valence-corrected chi connectivity index (χ0v) is 19.5. The molecule has 2 N–H and O–H groups in total. The molecule has 1 aliphatic heterocycles. The Morgan fingerprint density at radius 1 is 1.31 bits per heavy atom. The molecule has 10 heteroatoms. The number of rotatable bonds is 5. The van der Waals surface area contributed by atoms with E-state index in [0.29, 0.717) is 28.5 Å². The number of aliphatic hydroxyl groups excluding tert-OH is 1. The number of likely N-dealkylation sites (tertiary alicyclic amines) is 1. The summed E-state index contributed by atoms with van der Waals surface area (Å²) >= 11 is 1.26. The monoisotopic (exact) mass is 463 g/mol. The smallest absolute Gasteiger partial charge is 0.410 e. The van der Waals surface area contributed by atoms with E-state index < -0.39 is 35.3 Å². The predicted molar refractivity (Wildman–Crippen MR) is 119 cm³/mol. The molecule has 3 rings (SSSR count). The van der Waals surface area contributed by atoms with Crippen LogP contribution in [0.2, 0.25) is 0 Å². The number of nitrogens with zero attached hydrogens (tertiary/aromatic N) is 3. The molecule has 2 aromatic rings. The van der Waals surface area contributed by atoms with Crippen LogP contribution in [0.15, 0.2) is 23.1 Å². The van der Waals surface area contributed by atoms with Crippen LogP contribution in [0.3, 0.4) is 0 Å². The van der Waals surface area contributed by atoms with Crippen LogP contribution in [0.5, 0.6) is 0 Å². The van der Waals surface area contributed by atoms with E-state index in [1.54, 1.807) is 32.6 Å². The van der Waals surface area contributed by atoms with Gasteiger partial charge >= 0.3 is 12.1 Å². The second-order valence-electron chi connectivity index (χ2n) is 8.87. The first kappa shape index (κ1) is 23.9. The van der Waals surface area contributed by atoms with Gasteiger partial charge < -0.3 is 24.4 Å². The van der Waals surface area contributed by atoms with Crippen molar-refractivity contribution in [3.8, 4) is 0 Å². The fraction of sp³-hybridized carbons (Fsp3) is 0.545. The Balaban J connectivity index is 2.15. The molecule has 0 spiro atoms. The van der Waals surface area contributed by atoms with Gasteiger partial charge in [-0.1, -0.05) is 0 Å². The van der Waals surface area contributed by atoms with E-state index in [-0.39, 0.29) is 12.2 Å². The Morgan fingerprint density at radius 2 is 2.03 bits per heavy atom. The topological polar surface area (TPSA) is 122 Å². The van der Waals surface area contributed by atoms with Crippen LogP contribution in [-0.4, -0.2) is 54.9 Å². The normalized spacial score (nSPS) is 17.8. The average molecular weight is 464 g/mol. The van der Waals surface area contributed by atoms with Gasteiger partial charge in [-0.05, 0) is 53.0 Å². The van der Waals surface area contributed by atoms with Crippen molar-refractivity contribution in [3.63, 3.8) is 0 Å². The van der Waals surface area contributed by atoms with Gasteiger partial charge in [-0.2, -0.15) is 0 Å². The number of piperidine rings is 1. The van der Waals surface area contributed by atoms with E-state index in [1.165, 1.54) is 34.2 Å². The summed E-state index contributed by atoms with van der Waals surface area (Å²) in [6.45, 7) is 7.41. The quantitative estimate of drug-likeness (QED) is 0.698. The second-order valence-corrected chi connectivity index (χ2v) is 9.98. The Bertz CT molecular complexity index is 1050. The second kappa shape index (κ2) is 9.41. The number of ether oxygens (including phenoxy) is 1. The Hall–Kier alpha value is -2.72. The summed E-state index contributed by atoms with van der Waals surface area (Å²) in [5, 5.41) is 19.7. The Morgan fingerprint density at radius 3 is 2.62 bits per heavy atom. The summed E-state index contributed by atoms with van der Waals surface area (Å²) in [4.78, 5) is 44.4. The highest BCUT2D eigenvalue weighted by Gasteiger charge is 2.39. The van der Waals surface area contributed by atoms with Crippen LogP contribution in [-0.2, 0) is 11.3 Å². The molecule has 0 saturated carbocycles. The van der Waals surface area contributed by atoms with Crippen molar-refractivity contribution in [1.82, 2.24) is 14.5 Å². The maximum atomic E-state index is 13.0. The number of aromatic nitrogens is 2. The molecule has 3 heterocycles. The highest BCUT2D eigenvalue weighted by atomic mass is 32.1. The number of aliphatic hydroxyl groups is 1. The van der Waals surface area contributed by atoms with Crippen molar-refractivity contribution in [3.05, 3.63) is 49.8 Å². The molecule has 0 bridgehead atoms. The largest absolute Gasteiger partial charge is 0.478 e. The fourth-order valence-electron chi connectivity index (χ4n) is 3.87. The van der Waals surface area contributed by atoms with Crippen molar-refractivity contribution in [2.45, 2.75) is 71.2 Å². The summed E-state index contributed by atoms with van der Waals surface area (Å²) in [5.41, 5.74) is -0.478. The minimum absolute atomic E-state index is 0.0371. The van der Waals surface area contributed by atoms with Crippen LogP contribution in [0, 0.1) is 6.92 Å². The van der Waals surface area contributed by atoms with E-state index in [9.17, 15) is 24.6 Å².